The molecular weight excluding hydrogens is 689 g/mol. The molecule has 3 aliphatic rings. The maximum Gasteiger partial charge on any atom is 0.237 e. The monoisotopic (exact) mass is 733 g/mol. The van der Waals surface area contributed by atoms with Crippen molar-refractivity contribution >= 4 is 41.5 Å². The summed E-state index contributed by atoms with van der Waals surface area (Å²) in [4.78, 5) is 32.5. The summed E-state index contributed by atoms with van der Waals surface area (Å²) in [5, 5.41) is 7.24. The molecule has 3 fully saturated rings. The van der Waals surface area contributed by atoms with Gasteiger partial charge in [0.1, 0.15) is 11.4 Å². The number of likely N-dealkylation sites (tertiary alicyclic amines) is 1. The van der Waals surface area contributed by atoms with Gasteiger partial charge in [-0.25, -0.2) is 9.98 Å². The van der Waals surface area contributed by atoms with Crippen molar-refractivity contribution in [1.82, 2.24) is 25.5 Å². The highest BCUT2D eigenvalue weighted by Crippen LogP contribution is 2.40. The van der Waals surface area contributed by atoms with Crippen LogP contribution in [0.15, 0.2) is 64.2 Å². The largest absolute Gasteiger partial charge is 0.480 e. The Kier molecular flexibility index (Phi) is 12.4. The highest BCUT2D eigenvalue weighted by Gasteiger charge is 2.33. The fourth-order valence-corrected chi connectivity index (χ4v) is 7.78. The van der Waals surface area contributed by atoms with Crippen molar-refractivity contribution in [2.75, 3.05) is 47.0 Å². The number of aliphatic imine (C=N–C) groups is 2. The second kappa shape index (κ2) is 17.1. The molecule has 3 atom stereocenters. The molecular formula is C38H45Cl2N7O4. The van der Waals surface area contributed by atoms with E-state index in [1.165, 1.54) is 7.11 Å². The Morgan fingerprint density at radius 3 is 2.61 bits per heavy atom. The molecule has 0 aliphatic carbocycles. The second-order valence-electron chi connectivity index (χ2n) is 13.1. The van der Waals surface area contributed by atoms with Crippen molar-refractivity contribution in [2.24, 2.45) is 15.9 Å². The van der Waals surface area contributed by atoms with Gasteiger partial charge in [0.15, 0.2) is 0 Å². The van der Waals surface area contributed by atoms with Gasteiger partial charge in [-0.1, -0.05) is 59.6 Å². The summed E-state index contributed by atoms with van der Waals surface area (Å²) >= 11 is 14.2. The molecule has 1 amide bonds. The Hall–Kier alpha value is -3.87. The number of methoxy groups -OCH3 is 2. The molecule has 51 heavy (non-hydrogen) atoms. The molecule has 6 rings (SSSR count). The first-order chi connectivity index (χ1) is 24.8. The average molecular weight is 735 g/mol. The molecule has 3 saturated heterocycles. The standard InChI is InChI=1S/C38H45Cl2N7O4/c1-23(44-37(49-3)31(41-2)19-42-18-25-13-14-34(48)45-25)26-8-5-9-27(35(26)39)28-10-6-11-29(36(28)40)30-20-43-32(38(46-30)50-4)22-47-16-15-24(21-47)33-12-7-17-51-33/h5-6,8-11,20,24-25,33,42H,2,7,12-19,21-22H2,1,3-4H3,(H,45,48)/b37-31+,44-23?/t24?,25-,33?/m0/s1. The summed E-state index contributed by atoms with van der Waals surface area (Å²) in [7, 11) is 3.16. The van der Waals surface area contributed by atoms with Crippen LogP contribution < -0.4 is 15.4 Å². The smallest absolute Gasteiger partial charge is 0.237 e. The number of nitrogens with zero attached hydrogens (tertiary/aromatic N) is 5. The minimum Gasteiger partial charge on any atom is -0.480 e. The van der Waals surface area contributed by atoms with Crippen molar-refractivity contribution in [2.45, 2.75) is 57.7 Å². The first-order valence-electron chi connectivity index (χ1n) is 17.4. The van der Waals surface area contributed by atoms with Gasteiger partial charge in [-0.3, -0.25) is 19.7 Å². The van der Waals surface area contributed by atoms with Gasteiger partial charge in [-0.2, -0.15) is 0 Å². The molecule has 1 aromatic heterocycles. The highest BCUT2D eigenvalue weighted by molar-refractivity contribution is 6.39. The number of hydrogen-bond donors (Lipinski definition) is 2. The fraction of sp³-hybridized carbons (Fsp3) is 0.447. The number of benzene rings is 2. The molecule has 11 nitrogen and oxygen atoms in total. The number of hydrogen-bond acceptors (Lipinski definition) is 10. The minimum atomic E-state index is 0.0731. The Labute approximate surface area is 309 Å². The Balaban J connectivity index is 1.20. The first kappa shape index (κ1) is 36.9. The highest BCUT2D eigenvalue weighted by atomic mass is 35.5. The van der Waals surface area contributed by atoms with Crippen molar-refractivity contribution < 1.29 is 19.0 Å². The number of carbonyl (C=O) groups is 1. The molecule has 270 valence electrons. The summed E-state index contributed by atoms with van der Waals surface area (Å²) < 4.78 is 17.3. The number of carbonyl (C=O) groups excluding carboxylic acids is 1. The summed E-state index contributed by atoms with van der Waals surface area (Å²) in [5.74, 6) is 1.44. The number of ether oxygens (including phenoxy) is 3. The predicted molar refractivity (Wildman–Crippen MR) is 202 cm³/mol. The third-order valence-electron chi connectivity index (χ3n) is 9.80. The third-order valence-corrected chi connectivity index (χ3v) is 10.6. The van der Waals surface area contributed by atoms with Crippen LogP contribution in [0.25, 0.3) is 22.4 Å². The lowest BCUT2D eigenvalue weighted by Gasteiger charge is -2.20. The fourth-order valence-electron chi connectivity index (χ4n) is 7.09. The van der Waals surface area contributed by atoms with Crippen LogP contribution in [0.3, 0.4) is 0 Å². The van der Waals surface area contributed by atoms with E-state index < -0.39 is 0 Å². The lowest BCUT2D eigenvalue weighted by atomic mass is 9.98. The molecule has 2 aromatic carbocycles. The molecule has 0 radical (unpaired) electrons. The molecule has 0 saturated carbocycles. The van der Waals surface area contributed by atoms with E-state index in [1.807, 2.05) is 43.3 Å². The van der Waals surface area contributed by atoms with E-state index >= 15 is 0 Å². The SMILES string of the molecule is C=N/C(CNC[C@@H]1CCC(=O)N1)=C(\N=C(C)c1cccc(-c2cccc(-c3cnc(CN4CCC(C5CCCO5)C4)c(OC)n3)c2Cl)c1Cl)OC. The number of nitrogens with one attached hydrogen (secondary N) is 2. The maximum absolute atomic E-state index is 11.5. The number of aromatic nitrogens is 2. The minimum absolute atomic E-state index is 0.0731. The van der Waals surface area contributed by atoms with Crippen LogP contribution in [-0.4, -0.2) is 92.4 Å². The van der Waals surface area contributed by atoms with E-state index in [4.69, 9.17) is 52.4 Å². The zero-order chi connectivity index (χ0) is 35.9. The summed E-state index contributed by atoms with van der Waals surface area (Å²) in [6.45, 7) is 10.1. The number of halogens is 2. The van der Waals surface area contributed by atoms with E-state index in [2.05, 4.69) is 27.2 Å². The van der Waals surface area contributed by atoms with Gasteiger partial charge in [-0.15, -0.1) is 0 Å². The Bertz CT molecular complexity index is 1810. The van der Waals surface area contributed by atoms with Crippen molar-refractivity contribution in [1.29, 1.82) is 0 Å². The zero-order valence-corrected chi connectivity index (χ0v) is 30.9. The molecule has 13 heteroatoms. The van der Waals surface area contributed by atoms with Crippen molar-refractivity contribution in [3.63, 3.8) is 0 Å². The quantitative estimate of drug-likeness (QED) is 0.146. The normalized spacial score (nSPS) is 21.5. The third kappa shape index (κ3) is 8.61. The van der Waals surface area contributed by atoms with E-state index in [9.17, 15) is 4.79 Å². The van der Waals surface area contributed by atoms with Crippen LogP contribution in [-0.2, 0) is 20.8 Å². The van der Waals surface area contributed by atoms with E-state index in [1.54, 1.807) is 13.3 Å². The lowest BCUT2D eigenvalue weighted by molar-refractivity contribution is -0.119. The van der Waals surface area contributed by atoms with Gasteiger partial charge in [-0.05, 0) is 51.8 Å². The van der Waals surface area contributed by atoms with Crippen LogP contribution in [0, 0.1) is 5.92 Å². The lowest BCUT2D eigenvalue weighted by Crippen LogP contribution is -2.36. The number of rotatable bonds is 14. The second-order valence-corrected chi connectivity index (χ2v) is 13.9. The summed E-state index contributed by atoms with van der Waals surface area (Å²) in [6, 6.07) is 11.6. The topological polar surface area (TPSA) is 123 Å². The van der Waals surface area contributed by atoms with Crippen LogP contribution in [0.4, 0.5) is 0 Å². The van der Waals surface area contributed by atoms with Crippen molar-refractivity contribution in [3.8, 4) is 28.3 Å². The van der Waals surface area contributed by atoms with Crippen LogP contribution in [0.1, 0.15) is 50.3 Å². The Morgan fingerprint density at radius 2 is 1.90 bits per heavy atom. The zero-order valence-electron chi connectivity index (χ0n) is 29.4. The van der Waals surface area contributed by atoms with E-state index in [0.29, 0.717) is 88.1 Å². The van der Waals surface area contributed by atoms with Gasteiger partial charge >= 0.3 is 0 Å². The van der Waals surface area contributed by atoms with Crippen LogP contribution in [0.5, 0.6) is 5.88 Å². The van der Waals surface area contributed by atoms with Gasteiger partial charge in [0.25, 0.3) is 0 Å². The average Bonchev–Trinajstić information content (AvgIpc) is 3.93. The predicted octanol–water partition coefficient (Wildman–Crippen LogP) is 6.32. The Morgan fingerprint density at radius 1 is 1.12 bits per heavy atom. The summed E-state index contributed by atoms with van der Waals surface area (Å²) in [6.07, 6.45) is 6.92. The van der Waals surface area contributed by atoms with Gasteiger partial charge in [0, 0.05) is 67.5 Å². The molecule has 0 spiro atoms. The van der Waals surface area contributed by atoms with Gasteiger partial charge in [0.05, 0.1) is 48.0 Å². The molecule has 2 N–H and O–H groups in total. The van der Waals surface area contributed by atoms with Gasteiger partial charge in [0.2, 0.25) is 17.7 Å². The number of amides is 1. The first-order valence-corrected chi connectivity index (χ1v) is 18.2. The molecule has 0 bridgehead atoms. The van der Waals surface area contributed by atoms with Crippen LogP contribution in [0.2, 0.25) is 10.0 Å². The van der Waals surface area contributed by atoms with Crippen LogP contribution >= 0.6 is 23.2 Å². The van der Waals surface area contributed by atoms with E-state index in [0.717, 1.165) is 62.2 Å². The maximum atomic E-state index is 11.5. The van der Waals surface area contributed by atoms with Gasteiger partial charge < -0.3 is 24.8 Å². The molecule has 3 aliphatic heterocycles. The molecule has 2 unspecified atom stereocenters. The molecule has 4 heterocycles. The van der Waals surface area contributed by atoms with E-state index in [-0.39, 0.29) is 11.9 Å². The summed E-state index contributed by atoms with van der Waals surface area (Å²) in [5.41, 5.74) is 5.48. The molecule has 3 aromatic rings. The van der Waals surface area contributed by atoms with Crippen molar-refractivity contribution in [3.05, 3.63) is 75.5 Å².